The molecule has 116 valence electrons. The van der Waals surface area contributed by atoms with Crippen molar-refractivity contribution in [3.05, 3.63) is 29.8 Å². The lowest BCUT2D eigenvalue weighted by Crippen LogP contribution is -2.37. The van der Waals surface area contributed by atoms with Crippen molar-refractivity contribution in [1.29, 1.82) is 0 Å². The number of urea groups is 1. The van der Waals surface area contributed by atoms with Gasteiger partial charge in [0, 0.05) is 11.1 Å². The second kappa shape index (κ2) is 6.15. The van der Waals surface area contributed by atoms with E-state index in [0.717, 1.165) is 24.3 Å². The summed E-state index contributed by atoms with van der Waals surface area (Å²) in [5.74, 6) is -0.148. The molecule has 1 rings (SSSR count). The largest absolute Gasteiger partial charge is 0.416 e. The van der Waals surface area contributed by atoms with Gasteiger partial charge in [0.15, 0.2) is 5.78 Å². The molecule has 0 aromatic heterocycles. The first-order chi connectivity index (χ1) is 9.50. The van der Waals surface area contributed by atoms with Crippen LogP contribution in [-0.4, -0.2) is 18.4 Å². The number of amides is 2. The van der Waals surface area contributed by atoms with E-state index < -0.39 is 23.2 Å². The van der Waals surface area contributed by atoms with E-state index in [0.29, 0.717) is 0 Å². The molecule has 0 aliphatic carbocycles. The Hall–Kier alpha value is -2.05. The molecule has 0 spiro atoms. The third-order valence-electron chi connectivity index (χ3n) is 2.72. The zero-order valence-electron chi connectivity index (χ0n) is 12.0. The Kier molecular flexibility index (Phi) is 4.98. The Morgan fingerprint density at radius 2 is 1.57 bits per heavy atom. The molecule has 0 atom stereocenters. The van der Waals surface area contributed by atoms with E-state index in [1.807, 2.05) is 0 Å². The smallest absolute Gasteiger partial charge is 0.331 e. The van der Waals surface area contributed by atoms with Crippen LogP contribution in [0.2, 0.25) is 0 Å². The summed E-state index contributed by atoms with van der Waals surface area (Å²) < 4.78 is 37.1. The van der Waals surface area contributed by atoms with Crippen LogP contribution in [0.25, 0.3) is 0 Å². The molecule has 0 saturated heterocycles. The van der Waals surface area contributed by atoms with Gasteiger partial charge in [-0.2, -0.15) is 13.2 Å². The molecule has 0 heterocycles. The van der Waals surface area contributed by atoms with E-state index in [4.69, 9.17) is 0 Å². The van der Waals surface area contributed by atoms with Crippen LogP contribution in [0.3, 0.4) is 0 Å². The zero-order chi connectivity index (χ0) is 16.3. The molecule has 0 unspecified atom stereocenters. The Morgan fingerprint density at radius 1 is 1.05 bits per heavy atom. The lowest BCUT2D eigenvalue weighted by atomic mass is 9.91. The molecule has 0 fully saturated rings. The molecule has 1 aromatic rings. The van der Waals surface area contributed by atoms with E-state index in [-0.39, 0.29) is 18.0 Å². The van der Waals surface area contributed by atoms with Gasteiger partial charge in [-0.3, -0.25) is 4.79 Å². The van der Waals surface area contributed by atoms with E-state index in [1.54, 1.807) is 20.8 Å². The van der Waals surface area contributed by atoms with Crippen LogP contribution >= 0.6 is 0 Å². The first-order valence-corrected chi connectivity index (χ1v) is 6.25. The number of hydrogen-bond donors (Lipinski definition) is 2. The molecule has 2 N–H and O–H groups in total. The predicted octanol–water partition coefficient (Wildman–Crippen LogP) is 3.44. The maximum atomic E-state index is 12.4. The summed E-state index contributed by atoms with van der Waals surface area (Å²) in [6, 6.07) is 3.39. The number of anilines is 1. The number of ketones is 1. The Bertz CT molecular complexity index is 517. The first kappa shape index (κ1) is 17.0. The van der Waals surface area contributed by atoms with Crippen molar-refractivity contribution >= 4 is 17.5 Å². The summed E-state index contributed by atoms with van der Waals surface area (Å²) in [4.78, 5) is 23.1. The van der Waals surface area contributed by atoms with E-state index in [1.165, 1.54) is 0 Å². The molecular formula is C14H17F3N2O2. The summed E-state index contributed by atoms with van der Waals surface area (Å²) in [6.45, 7) is 5.04. The number of carbonyl (C=O) groups excluding carboxylic acids is 2. The molecule has 0 radical (unpaired) electrons. The van der Waals surface area contributed by atoms with Gasteiger partial charge >= 0.3 is 12.2 Å². The average molecular weight is 302 g/mol. The number of rotatable bonds is 3. The van der Waals surface area contributed by atoms with Crippen LogP contribution in [0.1, 0.15) is 26.3 Å². The standard InChI is InChI=1S/C14H17F3N2O2/c1-13(2,3)11(20)8-18-12(21)19-10-6-4-9(5-7-10)14(15,16)17/h4-7H,8H2,1-3H3,(H2,18,19,21). The highest BCUT2D eigenvalue weighted by molar-refractivity contribution is 5.94. The van der Waals surface area contributed by atoms with E-state index in [2.05, 4.69) is 10.6 Å². The highest BCUT2D eigenvalue weighted by atomic mass is 19.4. The number of hydrogen-bond acceptors (Lipinski definition) is 2. The SMILES string of the molecule is CC(C)(C)C(=O)CNC(=O)Nc1ccc(C(F)(F)F)cc1. The van der Waals surface area contributed by atoms with Crippen LogP contribution in [0, 0.1) is 5.41 Å². The number of benzene rings is 1. The number of alkyl halides is 3. The summed E-state index contributed by atoms with van der Waals surface area (Å²) in [7, 11) is 0. The van der Waals surface area contributed by atoms with Crippen molar-refractivity contribution in [2.24, 2.45) is 5.41 Å². The van der Waals surface area contributed by atoms with Crippen LogP contribution in [0.4, 0.5) is 23.7 Å². The fourth-order valence-electron chi connectivity index (χ4n) is 1.34. The van der Waals surface area contributed by atoms with Gasteiger partial charge in [-0.25, -0.2) is 4.79 Å². The minimum Gasteiger partial charge on any atom is -0.331 e. The molecule has 1 aromatic carbocycles. The van der Waals surface area contributed by atoms with E-state index in [9.17, 15) is 22.8 Å². The van der Waals surface area contributed by atoms with Gasteiger partial charge in [-0.05, 0) is 24.3 Å². The van der Waals surface area contributed by atoms with Crippen LogP contribution in [-0.2, 0) is 11.0 Å². The van der Waals surface area contributed by atoms with Crippen molar-refractivity contribution in [2.45, 2.75) is 26.9 Å². The monoisotopic (exact) mass is 302 g/mol. The number of Topliss-reactive ketones (excluding diaryl/α,β-unsaturated/α-hetero) is 1. The molecule has 2 amide bonds. The van der Waals surface area contributed by atoms with E-state index >= 15 is 0 Å². The summed E-state index contributed by atoms with van der Waals surface area (Å²) >= 11 is 0. The predicted molar refractivity (Wildman–Crippen MR) is 72.9 cm³/mol. The molecule has 7 heteroatoms. The molecule has 0 aliphatic heterocycles. The van der Waals surface area contributed by atoms with Gasteiger partial charge in [0.05, 0.1) is 12.1 Å². The van der Waals surface area contributed by atoms with Crippen LogP contribution in [0.15, 0.2) is 24.3 Å². The van der Waals surface area contributed by atoms with Crippen molar-refractivity contribution < 1.29 is 22.8 Å². The highest BCUT2D eigenvalue weighted by Crippen LogP contribution is 2.29. The maximum Gasteiger partial charge on any atom is 0.416 e. The van der Waals surface area contributed by atoms with Gasteiger partial charge in [0.2, 0.25) is 0 Å². The summed E-state index contributed by atoms with van der Waals surface area (Å²) in [6.07, 6.45) is -4.42. The second-order valence-corrected chi connectivity index (χ2v) is 5.56. The lowest BCUT2D eigenvalue weighted by Gasteiger charge is -2.17. The molecule has 0 bridgehead atoms. The molecule has 4 nitrogen and oxygen atoms in total. The number of nitrogens with one attached hydrogen (secondary N) is 2. The van der Waals surface area contributed by atoms with Gasteiger partial charge in [-0.1, -0.05) is 20.8 Å². The maximum absolute atomic E-state index is 12.4. The Morgan fingerprint density at radius 3 is 2.00 bits per heavy atom. The number of halogens is 3. The normalized spacial score (nSPS) is 11.9. The third-order valence-corrected chi connectivity index (χ3v) is 2.72. The topological polar surface area (TPSA) is 58.2 Å². The zero-order valence-corrected chi connectivity index (χ0v) is 12.0. The second-order valence-electron chi connectivity index (χ2n) is 5.56. The molecular weight excluding hydrogens is 285 g/mol. The third kappa shape index (κ3) is 5.45. The van der Waals surface area contributed by atoms with Gasteiger partial charge in [0.1, 0.15) is 0 Å². The Labute approximate surface area is 120 Å². The molecule has 0 saturated carbocycles. The minimum absolute atomic E-state index is 0.143. The van der Waals surface area contributed by atoms with Crippen molar-refractivity contribution in [3.63, 3.8) is 0 Å². The lowest BCUT2D eigenvalue weighted by molar-refractivity contribution is -0.137. The van der Waals surface area contributed by atoms with Gasteiger partial charge < -0.3 is 10.6 Å². The first-order valence-electron chi connectivity index (χ1n) is 6.25. The fourth-order valence-corrected chi connectivity index (χ4v) is 1.34. The van der Waals surface area contributed by atoms with Crippen molar-refractivity contribution in [1.82, 2.24) is 5.32 Å². The molecule has 21 heavy (non-hydrogen) atoms. The van der Waals surface area contributed by atoms with Crippen LogP contribution < -0.4 is 10.6 Å². The Balaban J connectivity index is 2.54. The summed E-state index contributed by atoms with van der Waals surface area (Å²) in [5.41, 5.74) is -1.15. The average Bonchev–Trinajstić information content (AvgIpc) is 2.34. The summed E-state index contributed by atoms with van der Waals surface area (Å²) in [5, 5.41) is 4.72. The fraction of sp³-hybridized carbons (Fsp3) is 0.429. The van der Waals surface area contributed by atoms with Gasteiger partial charge in [0.25, 0.3) is 0 Å². The highest BCUT2D eigenvalue weighted by Gasteiger charge is 2.30. The van der Waals surface area contributed by atoms with Crippen LogP contribution in [0.5, 0.6) is 0 Å². The van der Waals surface area contributed by atoms with Crippen molar-refractivity contribution in [2.75, 3.05) is 11.9 Å². The van der Waals surface area contributed by atoms with Crippen molar-refractivity contribution in [3.8, 4) is 0 Å². The number of carbonyl (C=O) groups is 2. The molecule has 0 aliphatic rings. The minimum atomic E-state index is -4.42. The van der Waals surface area contributed by atoms with Gasteiger partial charge in [-0.15, -0.1) is 0 Å². The quantitative estimate of drug-likeness (QED) is 0.898.